The number of hydrogen-bond donors (Lipinski definition) is 4. The number of aryl methyl sites for hydroxylation is 1. The Morgan fingerprint density at radius 2 is 2.08 bits per heavy atom. The molecule has 1 saturated carbocycles. The van der Waals surface area contributed by atoms with Crippen molar-refractivity contribution in [2.45, 2.75) is 51.6 Å². The molecule has 1 fully saturated rings. The molecule has 2 aromatic rings. The maximum Gasteiger partial charge on any atom is 0.271 e. The van der Waals surface area contributed by atoms with Crippen LogP contribution in [-0.4, -0.2) is 32.3 Å². The van der Waals surface area contributed by atoms with Crippen molar-refractivity contribution in [3.8, 4) is 0 Å². The third-order valence-electron chi connectivity index (χ3n) is 4.55. The SMILES string of the molecule is Cc1nsc(Nc2nc(NC3CCCC[C@@H]3N)cnc2C(N)=O)c1C. The van der Waals surface area contributed by atoms with Crippen molar-refractivity contribution < 1.29 is 4.79 Å². The van der Waals surface area contributed by atoms with E-state index in [-0.39, 0.29) is 17.8 Å². The monoisotopic (exact) mass is 361 g/mol. The van der Waals surface area contributed by atoms with Crippen LogP contribution in [0.4, 0.5) is 16.6 Å². The number of nitrogens with zero attached hydrogens (tertiary/aromatic N) is 3. The summed E-state index contributed by atoms with van der Waals surface area (Å²) in [6, 6.07) is 0.247. The van der Waals surface area contributed by atoms with Gasteiger partial charge in [0.2, 0.25) is 0 Å². The van der Waals surface area contributed by atoms with Gasteiger partial charge in [-0.1, -0.05) is 12.8 Å². The second-order valence-corrected chi connectivity index (χ2v) is 7.14. The number of amides is 1. The van der Waals surface area contributed by atoms with Gasteiger partial charge in [-0.05, 0) is 38.2 Å². The first kappa shape index (κ1) is 17.6. The minimum absolute atomic E-state index is 0.0918. The standard InChI is InChI=1S/C16H23N7OS/c1-8-9(2)23-25-16(8)22-15-13(14(18)24)19-7-12(21-15)20-11-6-4-3-5-10(11)17/h7,10-11H,3-6,17H2,1-2H3,(H2,18,24)(H2,20,21,22)/t10-,11?/m0/s1. The van der Waals surface area contributed by atoms with E-state index in [0.717, 1.165) is 41.9 Å². The first-order chi connectivity index (χ1) is 12.0. The summed E-state index contributed by atoms with van der Waals surface area (Å²) in [5.41, 5.74) is 13.7. The number of primary amides is 1. The lowest BCUT2D eigenvalue weighted by Crippen LogP contribution is -2.42. The van der Waals surface area contributed by atoms with Gasteiger partial charge >= 0.3 is 0 Å². The van der Waals surface area contributed by atoms with E-state index >= 15 is 0 Å². The zero-order valence-electron chi connectivity index (χ0n) is 14.4. The van der Waals surface area contributed by atoms with Crippen LogP contribution in [0.5, 0.6) is 0 Å². The third kappa shape index (κ3) is 3.88. The predicted molar refractivity (Wildman–Crippen MR) is 99.3 cm³/mol. The molecule has 134 valence electrons. The molecule has 1 aliphatic rings. The highest BCUT2D eigenvalue weighted by Crippen LogP contribution is 2.28. The normalized spacial score (nSPS) is 20.3. The molecule has 0 spiro atoms. The van der Waals surface area contributed by atoms with Gasteiger partial charge in [0.25, 0.3) is 5.91 Å². The number of anilines is 3. The predicted octanol–water partition coefficient (Wildman–Crippen LogP) is 2.07. The number of carbonyl (C=O) groups is 1. The molecule has 2 heterocycles. The fourth-order valence-electron chi connectivity index (χ4n) is 2.89. The average Bonchev–Trinajstić information content (AvgIpc) is 2.89. The summed E-state index contributed by atoms with van der Waals surface area (Å²) < 4.78 is 4.30. The molecule has 1 unspecified atom stereocenters. The van der Waals surface area contributed by atoms with E-state index in [1.165, 1.54) is 17.7 Å². The van der Waals surface area contributed by atoms with E-state index in [4.69, 9.17) is 11.5 Å². The minimum Gasteiger partial charge on any atom is -0.364 e. The van der Waals surface area contributed by atoms with Gasteiger partial charge in [0.1, 0.15) is 10.8 Å². The molecule has 6 N–H and O–H groups in total. The number of aromatic nitrogens is 3. The number of nitrogens with one attached hydrogen (secondary N) is 2. The van der Waals surface area contributed by atoms with E-state index in [9.17, 15) is 4.79 Å². The average molecular weight is 361 g/mol. The second-order valence-electron chi connectivity index (χ2n) is 6.36. The molecule has 1 amide bonds. The van der Waals surface area contributed by atoms with Gasteiger partial charge in [0.15, 0.2) is 11.5 Å². The van der Waals surface area contributed by atoms with Crippen LogP contribution in [0.15, 0.2) is 6.20 Å². The maximum atomic E-state index is 11.7. The molecule has 8 nitrogen and oxygen atoms in total. The van der Waals surface area contributed by atoms with E-state index in [1.807, 2.05) is 13.8 Å². The number of carbonyl (C=O) groups excluding carboxylic acids is 1. The molecule has 9 heteroatoms. The van der Waals surface area contributed by atoms with Gasteiger partial charge < -0.3 is 22.1 Å². The van der Waals surface area contributed by atoms with Crippen LogP contribution in [0.1, 0.15) is 47.4 Å². The minimum atomic E-state index is -0.630. The molecule has 0 saturated heterocycles. The lowest BCUT2D eigenvalue weighted by molar-refractivity contribution is 0.0996. The highest BCUT2D eigenvalue weighted by molar-refractivity contribution is 7.10. The van der Waals surface area contributed by atoms with Gasteiger partial charge in [-0.25, -0.2) is 9.97 Å². The van der Waals surface area contributed by atoms with Crippen LogP contribution in [0, 0.1) is 13.8 Å². The van der Waals surface area contributed by atoms with Crippen molar-refractivity contribution in [3.05, 3.63) is 23.1 Å². The fraction of sp³-hybridized carbons (Fsp3) is 0.500. The van der Waals surface area contributed by atoms with Crippen molar-refractivity contribution in [3.63, 3.8) is 0 Å². The van der Waals surface area contributed by atoms with E-state index in [2.05, 4.69) is 25.0 Å². The summed E-state index contributed by atoms with van der Waals surface area (Å²) in [6.45, 7) is 3.89. The summed E-state index contributed by atoms with van der Waals surface area (Å²) in [7, 11) is 0. The van der Waals surface area contributed by atoms with Crippen molar-refractivity contribution in [1.29, 1.82) is 0 Å². The Morgan fingerprint density at radius 1 is 1.32 bits per heavy atom. The number of hydrogen-bond acceptors (Lipinski definition) is 8. The summed E-state index contributed by atoms with van der Waals surface area (Å²) in [4.78, 5) is 20.4. The van der Waals surface area contributed by atoms with E-state index < -0.39 is 5.91 Å². The third-order valence-corrected chi connectivity index (χ3v) is 5.50. The molecule has 3 rings (SSSR count). The van der Waals surface area contributed by atoms with Crippen LogP contribution in [0.2, 0.25) is 0 Å². The Kier molecular flexibility index (Phi) is 5.14. The van der Waals surface area contributed by atoms with Gasteiger partial charge in [-0.2, -0.15) is 4.37 Å². The molecular weight excluding hydrogens is 338 g/mol. The van der Waals surface area contributed by atoms with Gasteiger partial charge in [0, 0.05) is 17.6 Å². The van der Waals surface area contributed by atoms with Crippen LogP contribution < -0.4 is 22.1 Å². The summed E-state index contributed by atoms with van der Waals surface area (Å²) >= 11 is 1.31. The van der Waals surface area contributed by atoms with Gasteiger partial charge in [-0.15, -0.1) is 0 Å². The topological polar surface area (TPSA) is 132 Å². The molecule has 2 atom stereocenters. The molecule has 1 aliphatic carbocycles. The quantitative estimate of drug-likeness (QED) is 0.641. The number of nitrogens with two attached hydrogens (primary N) is 2. The summed E-state index contributed by atoms with van der Waals surface area (Å²) in [6.07, 6.45) is 5.81. The Balaban J connectivity index is 1.86. The maximum absolute atomic E-state index is 11.7. The van der Waals surface area contributed by atoms with Crippen molar-refractivity contribution in [2.75, 3.05) is 10.6 Å². The summed E-state index contributed by atoms with van der Waals surface area (Å²) in [5.74, 6) is 0.275. The molecule has 0 aromatic carbocycles. The molecule has 2 aromatic heterocycles. The highest BCUT2D eigenvalue weighted by atomic mass is 32.1. The Morgan fingerprint density at radius 3 is 2.72 bits per heavy atom. The van der Waals surface area contributed by atoms with Crippen molar-refractivity contribution in [1.82, 2.24) is 14.3 Å². The van der Waals surface area contributed by atoms with Crippen molar-refractivity contribution >= 4 is 34.1 Å². The van der Waals surface area contributed by atoms with E-state index in [1.54, 1.807) is 0 Å². The largest absolute Gasteiger partial charge is 0.364 e. The number of rotatable bonds is 5. The molecule has 0 aliphatic heterocycles. The molecule has 0 bridgehead atoms. The molecule has 25 heavy (non-hydrogen) atoms. The lowest BCUT2D eigenvalue weighted by Gasteiger charge is -2.29. The molecule has 0 radical (unpaired) electrons. The van der Waals surface area contributed by atoms with Crippen LogP contribution >= 0.6 is 11.5 Å². The Labute approximate surface area is 150 Å². The Bertz CT molecular complexity index is 776. The smallest absolute Gasteiger partial charge is 0.271 e. The zero-order chi connectivity index (χ0) is 18.0. The van der Waals surface area contributed by atoms with Gasteiger partial charge in [0.05, 0.1) is 11.9 Å². The lowest BCUT2D eigenvalue weighted by atomic mass is 9.91. The second kappa shape index (κ2) is 7.32. The van der Waals surface area contributed by atoms with E-state index in [0.29, 0.717) is 11.6 Å². The first-order valence-corrected chi connectivity index (χ1v) is 9.12. The first-order valence-electron chi connectivity index (χ1n) is 8.34. The Hall–Kier alpha value is -2.26. The van der Waals surface area contributed by atoms with Gasteiger partial charge in [-0.3, -0.25) is 4.79 Å². The highest BCUT2D eigenvalue weighted by Gasteiger charge is 2.23. The summed E-state index contributed by atoms with van der Waals surface area (Å²) in [5, 5.41) is 7.30. The van der Waals surface area contributed by atoms with Crippen LogP contribution in [0.3, 0.4) is 0 Å². The van der Waals surface area contributed by atoms with Crippen molar-refractivity contribution in [2.24, 2.45) is 11.5 Å². The fourth-order valence-corrected chi connectivity index (χ4v) is 3.69. The molecular formula is C16H23N7OS. The van der Waals surface area contributed by atoms with Crippen LogP contribution in [-0.2, 0) is 0 Å². The van der Waals surface area contributed by atoms with Crippen LogP contribution in [0.25, 0.3) is 0 Å². The zero-order valence-corrected chi connectivity index (χ0v) is 15.2.